The first kappa shape index (κ1) is 14.8. The first-order chi connectivity index (χ1) is 9.70. The Bertz CT molecular complexity index is 537. The monoisotopic (exact) mass is 294 g/mol. The van der Waals surface area contributed by atoms with Crippen LogP contribution in [0.15, 0.2) is 47.1 Å². The Morgan fingerprint density at radius 3 is 2.65 bits per heavy atom. The van der Waals surface area contributed by atoms with E-state index >= 15 is 0 Å². The molecular formula is C15H15FO3S. The summed E-state index contributed by atoms with van der Waals surface area (Å²) in [6, 6.07) is 9.37. The van der Waals surface area contributed by atoms with Gasteiger partial charge in [0.25, 0.3) is 0 Å². The summed E-state index contributed by atoms with van der Waals surface area (Å²) in [4.78, 5) is 12.1. The summed E-state index contributed by atoms with van der Waals surface area (Å²) >= 11 is 1.47. The first-order valence-electron chi connectivity index (χ1n) is 6.25. The SMILES string of the molecule is O=C(C[C@H](SCCO)c1ccc(F)cc1)c1ccco1. The molecule has 0 saturated heterocycles. The van der Waals surface area contributed by atoms with Crippen LogP contribution in [0.5, 0.6) is 0 Å². The molecule has 1 aromatic carbocycles. The number of Topliss-reactive ketones (excluding diaryl/α,β-unsaturated/α-hetero) is 1. The van der Waals surface area contributed by atoms with Crippen molar-refractivity contribution in [2.24, 2.45) is 0 Å². The quantitative estimate of drug-likeness (QED) is 0.795. The number of aliphatic hydroxyl groups is 1. The van der Waals surface area contributed by atoms with Crippen LogP contribution in [0.1, 0.15) is 27.8 Å². The third-order valence-corrected chi connectivity index (χ3v) is 4.08. The van der Waals surface area contributed by atoms with E-state index in [9.17, 15) is 9.18 Å². The zero-order chi connectivity index (χ0) is 14.4. The van der Waals surface area contributed by atoms with Crippen molar-refractivity contribution >= 4 is 17.5 Å². The zero-order valence-corrected chi connectivity index (χ0v) is 11.6. The van der Waals surface area contributed by atoms with Crippen molar-refractivity contribution in [1.82, 2.24) is 0 Å². The van der Waals surface area contributed by atoms with Crippen molar-refractivity contribution in [1.29, 1.82) is 0 Å². The van der Waals surface area contributed by atoms with E-state index in [2.05, 4.69) is 0 Å². The number of hydrogen-bond acceptors (Lipinski definition) is 4. The van der Waals surface area contributed by atoms with Gasteiger partial charge in [0.2, 0.25) is 0 Å². The van der Waals surface area contributed by atoms with Crippen LogP contribution in [0.25, 0.3) is 0 Å². The molecule has 1 atom stereocenters. The third-order valence-electron chi connectivity index (χ3n) is 2.82. The minimum absolute atomic E-state index is 0.0390. The number of rotatable bonds is 7. The van der Waals surface area contributed by atoms with Crippen LogP contribution in [0, 0.1) is 5.82 Å². The van der Waals surface area contributed by atoms with Crippen LogP contribution in [-0.4, -0.2) is 23.2 Å². The van der Waals surface area contributed by atoms with Crippen LogP contribution in [-0.2, 0) is 0 Å². The minimum Gasteiger partial charge on any atom is -0.461 e. The van der Waals surface area contributed by atoms with Gasteiger partial charge < -0.3 is 9.52 Å². The summed E-state index contributed by atoms with van der Waals surface area (Å²) < 4.78 is 18.0. The molecule has 0 aliphatic rings. The lowest BCUT2D eigenvalue weighted by atomic mass is 10.1. The van der Waals surface area contributed by atoms with Gasteiger partial charge in [0.15, 0.2) is 11.5 Å². The van der Waals surface area contributed by atoms with E-state index in [4.69, 9.17) is 9.52 Å². The molecule has 5 heteroatoms. The standard InChI is InChI=1S/C15H15FO3S/c16-12-5-3-11(4-6-12)15(20-9-7-17)10-13(18)14-2-1-8-19-14/h1-6,8,15,17H,7,9-10H2/t15-/m0/s1. The molecule has 0 amide bonds. The van der Waals surface area contributed by atoms with E-state index in [1.807, 2.05) is 0 Å². The molecule has 2 aromatic rings. The molecule has 3 nitrogen and oxygen atoms in total. The number of thioether (sulfide) groups is 1. The molecule has 1 aromatic heterocycles. The molecule has 0 aliphatic carbocycles. The average molecular weight is 294 g/mol. The molecule has 0 spiro atoms. The Morgan fingerprint density at radius 2 is 2.05 bits per heavy atom. The molecule has 0 saturated carbocycles. The predicted octanol–water partition coefficient (Wildman–Crippen LogP) is 3.46. The van der Waals surface area contributed by atoms with E-state index < -0.39 is 0 Å². The Morgan fingerprint density at radius 1 is 1.30 bits per heavy atom. The second-order valence-electron chi connectivity index (χ2n) is 4.24. The Balaban J connectivity index is 2.11. The molecule has 20 heavy (non-hydrogen) atoms. The number of ketones is 1. The number of hydrogen-bond donors (Lipinski definition) is 1. The van der Waals surface area contributed by atoms with E-state index in [1.54, 1.807) is 24.3 Å². The Labute approximate surface area is 120 Å². The van der Waals surface area contributed by atoms with Gasteiger partial charge in [-0.3, -0.25) is 4.79 Å². The fourth-order valence-electron chi connectivity index (χ4n) is 1.85. The third kappa shape index (κ3) is 3.95. The van der Waals surface area contributed by atoms with Crippen molar-refractivity contribution in [3.8, 4) is 0 Å². The van der Waals surface area contributed by atoms with E-state index in [0.717, 1.165) is 5.56 Å². The molecule has 0 unspecified atom stereocenters. The molecular weight excluding hydrogens is 279 g/mol. The average Bonchev–Trinajstić information content (AvgIpc) is 2.98. The largest absolute Gasteiger partial charge is 0.461 e. The van der Waals surface area contributed by atoms with Crippen LogP contribution in [0.4, 0.5) is 4.39 Å². The fourth-order valence-corrected chi connectivity index (χ4v) is 2.86. The van der Waals surface area contributed by atoms with Gasteiger partial charge in [0, 0.05) is 17.4 Å². The van der Waals surface area contributed by atoms with Gasteiger partial charge in [-0.15, -0.1) is 0 Å². The number of carbonyl (C=O) groups is 1. The smallest absolute Gasteiger partial charge is 0.199 e. The van der Waals surface area contributed by atoms with Gasteiger partial charge in [-0.1, -0.05) is 12.1 Å². The second-order valence-corrected chi connectivity index (χ2v) is 5.55. The molecule has 106 valence electrons. The molecule has 1 N–H and O–H groups in total. The van der Waals surface area contributed by atoms with Crippen molar-refractivity contribution in [3.05, 3.63) is 59.8 Å². The van der Waals surface area contributed by atoms with E-state index in [1.165, 1.54) is 30.2 Å². The summed E-state index contributed by atoms with van der Waals surface area (Å²) in [5.74, 6) is 0.432. The van der Waals surface area contributed by atoms with Gasteiger partial charge in [-0.05, 0) is 29.8 Å². The van der Waals surface area contributed by atoms with Gasteiger partial charge >= 0.3 is 0 Å². The van der Waals surface area contributed by atoms with Crippen LogP contribution in [0.3, 0.4) is 0 Å². The van der Waals surface area contributed by atoms with Crippen LogP contribution in [0.2, 0.25) is 0 Å². The highest BCUT2D eigenvalue weighted by atomic mass is 32.2. The first-order valence-corrected chi connectivity index (χ1v) is 7.30. The van der Waals surface area contributed by atoms with Crippen molar-refractivity contribution < 1.29 is 18.7 Å². The highest BCUT2D eigenvalue weighted by molar-refractivity contribution is 7.99. The lowest BCUT2D eigenvalue weighted by Crippen LogP contribution is -2.06. The topological polar surface area (TPSA) is 50.4 Å². The molecule has 0 bridgehead atoms. The normalized spacial score (nSPS) is 12.3. The number of furan rings is 1. The van der Waals surface area contributed by atoms with Crippen molar-refractivity contribution in [2.75, 3.05) is 12.4 Å². The minimum atomic E-state index is -0.308. The maximum Gasteiger partial charge on any atom is 0.199 e. The fraction of sp³-hybridized carbons (Fsp3) is 0.267. The molecule has 0 fully saturated rings. The molecule has 2 rings (SSSR count). The summed E-state index contributed by atoms with van der Waals surface area (Å²) in [6.07, 6.45) is 1.71. The Kier molecular flexibility index (Phi) is 5.38. The highest BCUT2D eigenvalue weighted by Crippen LogP contribution is 2.33. The van der Waals surface area contributed by atoms with E-state index in [0.29, 0.717) is 11.5 Å². The van der Waals surface area contributed by atoms with Gasteiger partial charge in [0.1, 0.15) is 5.82 Å². The predicted molar refractivity (Wildman–Crippen MR) is 76.3 cm³/mol. The van der Waals surface area contributed by atoms with Crippen LogP contribution < -0.4 is 0 Å². The highest BCUT2D eigenvalue weighted by Gasteiger charge is 2.19. The van der Waals surface area contributed by atoms with Crippen molar-refractivity contribution in [2.45, 2.75) is 11.7 Å². The summed E-state index contributed by atoms with van der Waals surface area (Å²) in [7, 11) is 0. The summed E-state index contributed by atoms with van der Waals surface area (Å²) in [5.41, 5.74) is 0.866. The van der Waals surface area contributed by atoms with Gasteiger partial charge in [0.05, 0.1) is 12.9 Å². The lowest BCUT2D eigenvalue weighted by Gasteiger charge is -2.15. The number of aliphatic hydroxyl groups excluding tert-OH is 1. The number of benzene rings is 1. The number of carbonyl (C=O) groups excluding carboxylic acids is 1. The lowest BCUT2D eigenvalue weighted by molar-refractivity contribution is 0.0955. The second kappa shape index (κ2) is 7.26. The Hall–Kier alpha value is -1.59. The molecule has 0 radical (unpaired) electrons. The maximum absolute atomic E-state index is 13.0. The molecule has 0 aliphatic heterocycles. The van der Waals surface area contributed by atoms with Crippen LogP contribution >= 0.6 is 11.8 Å². The van der Waals surface area contributed by atoms with Gasteiger partial charge in [-0.25, -0.2) is 4.39 Å². The summed E-state index contributed by atoms with van der Waals surface area (Å²) in [5, 5.41) is 8.82. The van der Waals surface area contributed by atoms with Gasteiger partial charge in [-0.2, -0.15) is 11.8 Å². The zero-order valence-electron chi connectivity index (χ0n) is 10.8. The summed E-state index contributed by atoms with van der Waals surface area (Å²) in [6.45, 7) is 0.0390. The molecule has 1 heterocycles. The number of halogens is 1. The van der Waals surface area contributed by atoms with Crippen molar-refractivity contribution in [3.63, 3.8) is 0 Å². The maximum atomic E-state index is 13.0. The van der Waals surface area contributed by atoms with E-state index in [-0.39, 0.29) is 29.9 Å².